The molecule has 0 amide bonds. The Morgan fingerprint density at radius 3 is 3.14 bits per heavy atom. The van der Waals surface area contributed by atoms with Crippen LogP contribution in [0.1, 0.15) is 11.1 Å². The third kappa shape index (κ3) is 2.04. The van der Waals surface area contributed by atoms with Gasteiger partial charge in [0.05, 0.1) is 0 Å². The van der Waals surface area contributed by atoms with E-state index < -0.39 is 6.67 Å². The highest BCUT2D eigenvalue weighted by Crippen LogP contribution is 2.20. The topological polar surface area (TPSA) is 21.3 Å². The molecule has 1 aliphatic heterocycles. The normalized spacial score (nSPS) is 14.9. The maximum Gasteiger partial charge on any atom is 0.123 e. The molecule has 2 nitrogen and oxygen atoms in total. The van der Waals surface area contributed by atoms with E-state index in [1.807, 2.05) is 12.1 Å². The molecule has 0 atom stereocenters. The van der Waals surface area contributed by atoms with Crippen LogP contribution >= 0.6 is 0 Å². The van der Waals surface area contributed by atoms with Crippen molar-refractivity contribution in [1.29, 1.82) is 0 Å². The fraction of sp³-hybridized carbons (Fsp3) is 0.455. The number of benzene rings is 1. The van der Waals surface area contributed by atoms with E-state index >= 15 is 0 Å². The molecule has 0 bridgehead atoms. The van der Waals surface area contributed by atoms with Crippen molar-refractivity contribution in [3.8, 4) is 5.75 Å². The molecule has 0 radical (unpaired) electrons. The number of ether oxygens (including phenoxy) is 1. The Balaban J connectivity index is 2.12. The summed E-state index contributed by atoms with van der Waals surface area (Å²) in [7, 11) is 0. The van der Waals surface area contributed by atoms with Crippen LogP contribution in [0.5, 0.6) is 5.75 Å². The molecule has 0 aromatic heterocycles. The average Bonchev–Trinajstić information content (AvgIpc) is 2.26. The Bertz CT molecular complexity index is 314. The van der Waals surface area contributed by atoms with Crippen LogP contribution in [0.15, 0.2) is 18.2 Å². The van der Waals surface area contributed by atoms with Crippen molar-refractivity contribution in [2.45, 2.75) is 13.0 Å². The second-order valence-electron chi connectivity index (χ2n) is 3.39. The van der Waals surface area contributed by atoms with Crippen LogP contribution in [0, 0.1) is 0 Å². The molecule has 1 aromatic carbocycles. The van der Waals surface area contributed by atoms with Gasteiger partial charge in [-0.25, -0.2) is 4.39 Å². The van der Waals surface area contributed by atoms with Gasteiger partial charge in [-0.1, -0.05) is 6.07 Å². The summed E-state index contributed by atoms with van der Waals surface area (Å²) in [5.74, 6) is 0.769. The highest BCUT2D eigenvalue weighted by atomic mass is 19.1. The van der Waals surface area contributed by atoms with Crippen molar-refractivity contribution < 1.29 is 9.13 Å². The maximum atomic E-state index is 11.9. The second-order valence-corrected chi connectivity index (χ2v) is 3.39. The van der Waals surface area contributed by atoms with E-state index in [2.05, 4.69) is 11.4 Å². The van der Waals surface area contributed by atoms with Gasteiger partial charge in [0.25, 0.3) is 0 Å². The third-order valence-corrected chi connectivity index (χ3v) is 2.41. The van der Waals surface area contributed by atoms with E-state index in [4.69, 9.17) is 4.74 Å². The summed E-state index contributed by atoms with van der Waals surface area (Å²) in [6, 6.07) is 5.99. The lowest BCUT2D eigenvalue weighted by Crippen LogP contribution is -2.23. The van der Waals surface area contributed by atoms with Gasteiger partial charge in [0, 0.05) is 6.54 Å². The van der Waals surface area contributed by atoms with Crippen molar-refractivity contribution in [3.05, 3.63) is 29.3 Å². The van der Waals surface area contributed by atoms with Gasteiger partial charge in [-0.15, -0.1) is 0 Å². The highest BCUT2D eigenvalue weighted by Gasteiger charge is 2.08. The van der Waals surface area contributed by atoms with Gasteiger partial charge in [-0.3, -0.25) is 0 Å². The summed E-state index contributed by atoms with van der Waals surface area (Å²) in [6.45, 7) is 1.64. The third-order valence-electron chi connectivity index (χ3n) is 2.41. The van der Waals surface area contributed by atoms with Crippen molar-refractivity contribution in [1.82, 2.24) is 5.32 Å². The van der Waals surface area contributed by atoms with E-state index in [0.717, 1.165) is 25.3 Å². The Morgan fingerprint density at radius 2 is 2.29 bits per heavy atom. The number of hydrogen-bond acceptors (Lipinski definition) is 2. The quantitative estimate of drug-likeness (QED) is 0.792. The lowest BCUT2D eigenvalue weighted by Gasteiger charge is -2.17. The molecule has 76 valence electrons. The summed E-state index contributed by atoms with van der Waals surface area (Å²) in [5, 5.41) is 3.29. The zero-order chi connectivity index (χ0) is 9.80. The molecule has 1 aliphatic rings. The molecule has 0 saturated carbocycles. The van der Waals surface area contributed by atoms with E-state index in [1.165, 1.54) is 11.1 Å². The van der Waals surface area contributed by atoms with E-state index in [9.17, 15) is 4.39 Å². The first kappa shape index (κ1) is 9.46. The van der Waals surface area contributed by atoms with Crippen molar-refractivity contribution >= 4 is 0 Å². The van der Waals surface area contributed by atoms with E-state index in [-0.39, 0.29) is 6.61 Å². The molecular formula is C11H14FNO. The largest absolute Gasteiger partial charge is 0.491 e. The summed E-state index contributed by atoms with van der Waals surface area (Å²) >= 11 is 0. The van der Waals surface area contributed by atoms with E-state index in [1.54, 1.807) is 0 Å². The van der Waals surface area contributed by atoms with Crippen LogP contribution in [-0.2, 0) is 13.0 Å². The van der Waals surface area contributed by atoms with Gasteiger partial charge in [0.1, 0.15) is 19.0 Å². The molecule has 14 heavy (non-hydrogen) atoms. The molecule has 2 rings (SSSR count). The molecule has 0 unspecified atom stereocenters. The molecule has 0 saturated heterocycles. The number of rotatable bonds is 3. The summed E-state index contributed by atoms with van der Waals surface area (Å²) in [4.78, 5) is 0. The molecule has 1 aromatic rings. The molecule has 1 N–H and O–H groups in total. The van der Waals surface area contributed by atoms with Gasteiger partial charge in [0.2, 0.25) is 0 Å². The monoisotopic (exact) mass is 195 g/mol. The Kier molecular flexibility index (Phi) is 2.99. The minimum absolute atomic E-state index is 0.145. The number of fused-ring (bicyclic) bond motifs is 1. The number of alkyl halides is 1. The van der Waals surface area contributed by atoms with Crippen molar-refractivity contribution in [2.24, 2.45) is 0 Å². The van der Waals surface area contributed by atoms with Gasteiger partial charge in [-0.2, -0.15) is 0 Å². The maximum absolute atomic E-state index is 11.9. The van der Waals surface area contributed by atoms with Crippen molar-refractivity contribution in [2.75, 3.05) is 19.8 Å². The standard InChI is InChI=1S/C11H14FNO/c12-4-6-14-11-2-1-9-3-5-13-8-10(9)7-11/h1-2,7,13H,3-6,8H2. The molecule has 3 heteroatoms. The first-order valence-electron chi connectivity index (χ1n) is 4.91. The fourth-order valence-corrected chi connectivity index (χ4v) is 1.70. The lowest BCUT2D eigenvalue weighted by molar-refractivity contribution is 0.273. The van der Waals surface area contributed by atoms with Crippen LogP contribution in [-0.4, -0.2) is 19.8 Å². The highest BCUT2D eigenvalue weighted by molar-refractivity contribution is 5.37. The minimum atomic E-state index is -0.435. The minimum Gasteiger partial charge on any atom is -0.491 e. The van der Waals surface area contributed by atoms with Gasteiger partial charge >= 0.3 is 0 Å². The Labute approximate surface area is 83.1 Å². The Hall–Kier alpha value is -1.09. The molecule has 0 fully saturated rings. The smallest absolute Gasteiger partial charge is 0.123 e. The van der Waals surface area contributed by atoms with Crippen LogP contribution in [0.3, 0.4) is 0 Å². The van der Waals surface area contributed by atoms with Crippen LogP contribution < -0.4 is 10.1 Å². The zero-order valence-corrected chi connectivity index (χ0v) is 8.05. The van der Waals surface area contributed by atoms with Gasteiger partial charge < -0.3 is 10.1 Å². The second kappa shape index (κ2) is 4.42. The van der Waals surface area contributed by atoms with Crippen LogP contribution in [0.4, 0.5) is 4.39 Å². The SMILES string of the molecule is FCCOc1ccc2c(c1)CNCC2. The van der Waals surface area contributed by atoms with Gasteiger partial charge in [-0.05, 0) is 36.2 Å². The number of hydrogen-bond donors (Lipinski definition) is 1. The first-order chi connectivity index (χ1) is 6.90. The molecule has 0 spiro atoms. The van der Waals surface area contributed by atoms with Crippen LogP contribution in [0.2, 0.25) is 0 Å². The predicted octanol–water partition coefficient (Wildman–Crippen LogP) is 1.68. The summed E-state index contributed by atoms with van der Waals surface area (Å²) in [5.41, 5.74) is 2.64. The fourth-order valence-electron chi connectivity index (χ4n) is 1.70. The first-order valence-corrected chi connectivity index (χ1v) is 4.91. The molecule has 1 heterocycles. The summed E-state index contributed by atoms with van der Waals surface area (Å²) in [6.07, 6.45) is 1.07. The van der Waals surface area contributed by atoms with E-state index in [0.29, 0.717) is 0 Å². The van der Waals surface area contributed by atoms with Crippen LogP contribution in [0.25, 0.3) is 0 Å². The Morgan fingerprint density at radius 1 is 1.36 bits per heavy atom. The predicted molar refractivity (Wildman–Crippen MR) is 53.3 cm³/mol. The zero-order valence-electron chi connectivity index (χ0n) is 8.05. The van der Waals surface area contributed by atoms with Gasteiger partial charge in [0.15, 0.2) is 0 Å². The molecule has 0 aliphatic carbocycles. The number of halogens is 1. The number of nitrogens with one attached hydrogen (secondary N) is 1. The lowest BCUT2D eigenvalue weighted by atomic mass is 10.0. The average molecular weight is 195 g/mol. The molecular weight excluding hydrogens is 181 g/mol. The van der Waals surface area contributed by atoms with Crippen molar-refractivity contribution in [3.63, 3.8) is 0 Å². The summed E-state index contributed by atoms with van der Waals surface area (Å²) < 4.78 is 17.1.